The van der Waals surface area contributed by atoms with E-state index in [4.69, 9.17) is 0 Å². The van der Waals surface area contributed by atoms with Gasteiger partial charge >= 0.3 is 5.97 Å². The zero-order valence-corrected chi connectivity index (χ0v) is 9.93. The Kier molecular flexibility index (Phi) is 4.69. The molecular formula is C11H17N3O2. The van der Waals surface area contributed by atoms with Crippen LogP contribution in [0.4, 0.5) is 5.95 Å². The van der Waals surface area contributed by atoms with E-state index in [1.807, 2.05) is 18.7 Å². The summed E-state index contributed by atoms with van der Waals surface area (Å²) in [6, 6.07) is 0. The van der Waals surface area contributed by atoms with Crippen LogP contribution in [-0.2, 0) is 9.53 Å². The fourth-order valence-electron chi connectivity index (χ4n) is 1.28. The second kappa shape index (κ2) is 6.05. The van der Waals surface area contributed by atoms with Crippen LogP contribution >= 0.6 is 0 Å². The van der Waals surface area contributed by atoms with Gasteiger partial charge in [-0.2, -0.15) is 0 Å². The summed E-state index contributed by atoms with van der Waals surface area (Å²) in [6.45, 7) is 5.28. The standard InChI is InChI=1S/C11H17N3O2/c1-4-14(6-5-10(15)16-3)11-12-7-9(2)8-13-11/h7-8H,4-6H2,1-3H3. The summed E-state index contributed by atoms with van der Waals surface area (Å²) in [5.74, 6) is 0.433. The normalized spacial score (nSPS) is 9.94. The lowest BCUT2D eigenvalue weighted by molar-refractivity contribution is -0.140. The highest BCUT2D eigenvalue weighted by Gasteiger charge is 2.09. The number of carbonyl (C=O) groups excluding carboxylic acids is 1. The molecule has 88 valence electrons. The first-order valence-electron chi connectivity index (χ1n) is 5.27. The van der Waals surface area contributed by atoms with Crippen LogP contribution in [0.25, 0.3) is 0 Å². The van der Waals surface area contributed by atoms with E-state index < -0.39 is 0 Å². The summed E-state index contributed by atoms with van der Waals surface area (Å²) < 4.78 is 4.59. The molecule has 1 aromatic heterocycles. The second-order valence-electron chi connectivity index (χ2n) is 3.47. The smallest absolute Gasteiger partial charge is 0.307 e. The van der Waals surface area contributed by atoms with Crippen molar-refractivity contribution in [1.29, 1.82) is 0 Å². The second-order valence-corrected chi connectivity index (χ2v) is 3.47. The van der Waals surface area contributed by atoms with Gasteiger partial charge in [0.1, 0.15) is 0 Å². The molecular weight excluding hydrogens is 206 g/mol. The lowest BCUT2D eigenvalue weighted by Crippen LogP contribution is -2.27. The van der Waals surface area contributed by atoms with Crippen LogP contribution in [-0.4, -0.2) is 36.1 Å². The van der Waals surface area contributed by atoms with E-state index in [2.05, 4.69) is 14.7 Å². The van der Waals surface area contributed by atoms with Crippen LogP contribution in [0.15, 0.2) is 12.4 Å². The SMILES string of the molecule is CCN(CCC(=O)OC)c1ncc(C)cn1. The van der Waals surface area contributed by atoms with Gasteiger partial charge in [-0.1, -0.05) is 0 Å². The van der Waals surface area contributed by atoms with Crippen LogP contribution < -0.4 is 4.90 Å². The summed E-state index contributed by atoms with van der Waals surface area (Å²) in [6.07, 6.45) is 3.88. The lowest BCUT2D eigenvalue weighted by atomic mass is 10.4. The molecule has 0 aliphatic carbocycles. The van der Waals surface area contributed by atoms with Crippen molar-refractivity contribution in [1.82, 2.24) is 9.97 Å². The maximum atomic E-state index is 11.0. The third-order valence-corrected chi connectivity index (χ3v) is 2.25. The summed E-state index contributed by atoms with van der Waals surface area (Å²) >= 11 is 0. The third kappa shape index (κ3) is 3.49. The largest absolute Gasteiger partial charge is 0.469 e. The van der Waals surface area contributed by atoms with E-state index in [0.29, 0.717) is 18.9 Å². The number of anilines is 1. The van der Waals surface area contributed by atoms with Gasteiger partial charge in [0.15, 0.2) is 0 Å². The van der Waals surface area contributed by atoms with Gasteiger partial charge in [0.25, 0.3) is 0 Å². The van der Waals surface area contributed by atoms with E-state index in [-0.39, 0.29) is 5.97 Å². The Morgan fingerprint density at radius 3 is 2.56 bits per heavy atom. The van der Waals surface area contributed by atoms with Crippen molar-refractivity contribution in [3.05, 3.63) is 18.0 Å². The maximum absolute atomic E-state index is 11.0. The number of aryl methyl sites for hydroxylation is 1. The molecule has 0 radical (unpaired) electrons. The first-order valence-corrected chi connectivity index (χ1v) is 5.27. The van der Waals surface area contributed by atoms with E-state index in [1.54, 1.807) is 12.4 Å². The fraction of sp³-hybridized carbons (Fsp3) is 0.545. The van der Waals surface area contributed by atoms with E-state index in [1.165, 1.54) is 7.11 Å². The molecule has 5 nitrogen and oxygen atoms in total. The van der Waals surface area contributed by atoms with Crippen molar-refractivity contribution in [2.75, 3.05) is 25.1 Å². The molecule has 0 saturated heterocycles. The highest BCUT2D eigenvalue weighted by atomic mass is 16.5. The molecule has 0 N–H and O–H groups in total. The predicted octanol–water partition coefficient (Wildman–Crippen LogP) is 1.17. The summed E-state index contributed by atoms with van der Waals surface area (Å²) in [5, 5.41) is 0. The average Bonchev–Trinajstić information content (AvgIpc) is 2.31. The van der Waals surface area contributed by atoms with Gasteiger partial charge in [0.2, 0.25) is 5.95 Å². The summed E-state index contributed by atoms with van der Waals surface area (Å²) in [5.41, 5.74) is 1.02. The number of carbonyl (C=O) groups is 1. The molecule has 0 aliphatic heterocycles. The number of rotatable bonds is 5. The quantitative estimate of drug-likeness (QED) is 0.701. The first kappa shape index (κ1) is 12.4. The van der Waals surface area contributed by atoms with Crippen molar-refractivity contribution in [3.8, 4) is 0 Å². The molecule has 0 aliphatic rings. The van der Waals surface area contributed by atoms with Gasteiger partial charge in [-0.05, 0) is 19.4 Å². The van der Waals surface area contributed by atoms with Crippen molar-refractivity contribution >= 4 is 11.9 Å². The van der Waals surface area contributed by atoms with Crippen LogP contribution in [0.1, 0.15) is 18.9 Å². The molecule has 0 spiro atoms. The van der Waals surface area contributed by atoms with Crippen molar-refractivity contribution in [3.63, 3.8) is 0 Å². The van der Waals surface area contributed by atoms with Gasteiger partial charge in [-0.3, -0.25) is 4.79 Å². The molecule has 1 rings (SSSR count). The van der Waals surface area contributed by atoms with Gasteiger partial charge < -0.3 is 9.64 Å². The number of nitrogens with zero attached hydrogens (tertiary/aromatic N) is 3. The van der Waals surface area contributed by atoms with E-state index >= 15 is 0 Å². The molecule has 1 aromatic rings. The summed E-state index contributed by atoms with van der Waals surface area (Å²) in [4.78, 5) is 21.4. The Morgan fingerprint density at radius 1 is 1.44 bits per heavy atom. The van der Waals surface area contributed by atoms with Crippen LogP contribution in [0, 0.1) is 6.92 Å². The zero-order chi connectivity index (χ0) is 12.0. The lowest BCUT2D eigenvalue weighted by Gasteiger charge is -2.19. The van der Waals surface area contributed by atoms with Crippen molar-refractivity contribution in [2.24, 2.45) is 0 Å². The van der Waals surface area contributed by atoms with Gasteiger partial charge in [-0.25, -0.2) is 9.97 Å². The number of methoxy groups -OCH3 is 1. The van der Waals surface area contributed by atoms with Crippen LogP contribution in [0.3, 0.4) is 0 Å². The molecule has 5 heteroatoms. The first-order chi connectivity index (χ1) is 7.67. The number of aromatic nitrogens is 2. The highest BCUT2D eigenvalue weighted by molar-refractivity contribution is 5.69. The third-order valence-electron chi connectivity index (χ3n) is 2.25. The van der Waals surface area contributed by atoms with E-state index in [0.717, 1.165) is 12.1 Å². The van der Waals surface area contributed by atoms with Crippen LogP contribution in [0.2, 0.25) is 0 Å². The Bertz CT molecular complexity index is 338. The minimum Gasteiger partial charge on any atom is -0.469 e. The molecule has 0 bridgehead atoms. The molecule has 1 heterocycles. The van der Waals surface area contributed by atoms with Gasteiger partial charge in [0, 0.05) is 25.5 Å². The number of ether oxygens (including phenoxy) is 1. The zero-order valence-electron chi connectivity index (χ0n) is 9.93. The molecule has 16 heavy (non-hydrogen) atoms. The van der Waals surface area contributed by atoms with E-state index in [9.17, 15) is 4.79 Å². The minimum absolute atomic E-state index is 0.217. The molecule has 0 atom stereocenters. The maximum Gasteiger partial charge on any atom is 0.307 e. The molecule has 0 aromatic carbocycles. The molecule has 0 saturated carbocycles. The van der Waals surface area contributed by atoms with Gasteiger partial charge in [0.05, 0.1) is 13.5 Å². The Morgan fingerprint density at radius 2 is 2.06 bits per heavy atom. The minimum atomic E-state index is -0.217. The average molecular weight is 223 g/mol. The van der Waals surface area contributed by atoms with Crippen molar-refractivity contribution < 1.29 is 9.53 Å². The monoisotopic (exact) mass is 223 g/mol. The number of hydrogen-bond donors (Lipinski definition) is 0. The van der Waals surface area contributed by atoms with Gasteiger partial charge in [-0.15, -0.1) is 0 Å². The molecule has 0 fully saturated rings. The topological polar surface area (TPSA) is 55.3 Å². The fourth-order valence-corrected chi connectivity index (χ4v) is 1.28. The predicted molar refractivity (Wildman–Crippen MR) is 61.3 cm³/mol. The highest BCUT2D eigenvalue weighted by Crippen LogP contribution is 2.07. The molecule has 0 amide bonds. The summed E-state index contributed by atoms with van der Waals surface area (Å²) in [7, 11) is 1.39. The van der Waals surface area contributed by atoms with Crippen molar-refractivity contribution in [2.45, 2.75) is 20.3 Å². The Hall–Kier alpha value is -1.65. The molecule has 0 unspecified atom stereocenters. The number of hydrogen-bond acceptors (Lipinski definition) is 5. The van der Waals surface area contributed by atoms with Crippen LogP contribution in [0.5, 0.6) is 0 Å². The Labute approximate surface area is 95.5 Å². The Balaban J connectivity index is 2.60. The number of esters is 1.